The average molecular weight is 496 g/mol. The second-order valence-corrected chi connectivity index (χ2v) is 75.4. The number of aryl methyl sites for hydroxylation is 4. The van der Waals surface area contributed by atoms with Gasteiger partial charge in [-0.25, -0.2) is 0 Å². The molecule has 0 aromatic heterocycles. The summed E-state index contributed by atoms with van der Waals surface area (Å²) in [5, 5.41) is 0. The minimum absolute atomic E-state index is 0.510. The molecule has 0 amide bonds. The summed E-state index contributed by atoms with van der Waals surface area (Å²) in [5.41, 5.74) is 14.8. The Morgan fingerprint density at radius 3 is 1.20 bits per heavy atom. The average Bonchev–Trinajstić information content (AvgIpc) is 3.04. The summed E-state index contributed by atoms with van der Waals surface area (Å²) in [6.45, 7) is 16.3. The van der Waals surface area contributed by atoms with E-state index >= 15 is 0 Å². The fourth-order valence-electron chi connectivity index (χ4n) is 7.84. The summed E-state index contributed by atoms with van der Waals surface area (Å²) in [6.07, 6.45) is 4.98. The Morgan fingerprint density at radius 2 is 0.867 bits per heavy atom. The van der Waals surface area contributed by atoms with Gasteiger partial charge in [0.05, 0.1) is 0 Å². The molecule has 0 nitrogen and oxygen atoms in total. The summed E-state index contributed by atoms with van der Waals surface area (Å²) in [5.74, 6) is 0. The van der Waals surface area contributed by atoms with E-state index in [-0.39, 0.29) is 0 Å². The normalized spacial score (nSPS) is 24.1. The third-order valence-corrected chi connectivity index (χ3v) is 32.3. The van der Waals surface area contributed by atoms with Gasteiger partial charge < -0.3 is 0 Å². The molecule has 0 radical (unpaired) electrons. The zero-order chi connectivity index (χ0) is 22.5. The van der Waals surface area contributed by atoms with Gasteiger partial charge in [0.25, 0.3) is 0 Å². The zero-order valence-corrected chi connectivity index (χ0v) is 24.7. The van der Waals surface area contributed by atoms with E-state index in [0.717, 1.165) is 0 Å². The van der Waals surface area contributed by atoms with E-state index in [1.165, 1.54) is 33.4 Å². The van der Waals surface area contributed by atoms with Crippen LogP contribution in [0.2, 0.25) is 18.5 Å². The Balaban J connectivity index is 2.09. The first-order valence-corrected chi connectivity index (χ1v) is 30.1. The van der Waals surface area contributed by atoms with E-state index in [2.05, 4.69) is 103 Å². The van der Waals surface area contributed by atoms with Crippen LogP contribution in [-0.2, 0) is 14.4 Å². The van der Waals surface area contributed by atoms with Crippen molar-refractivity contribution >= 4 is 19.0 Å². The van der Waals surface area contributed by atoms with Gasteiger partial charge in [-0.05, 0) is 0 Å². The summed E-state index contributed by atoms with van der Waals surface area (Å²) in [6, 6.07) is 9.87. The second kappa shape index (κ2) is 5.32. The van der Waals surface area contributed by atoms with Crippen LogP contribution in [0.4, 0.5) is 0 Å². The van der Waals surface area contributed by atoms with Crippen LogP contribution in [0.3, 0.4) is 0 Å². The standard InChI is InChI=1S/2C12H13.4CH3.H2Si.Zr/c2*1-8-4-11-6-9(2)10(3)7-12(11)5-8;;;;;;/h2*4-7H,1-3H3;4*1H3;1H2;. The third-order valence-electron chi connectivity index (χ3n) is 8.75. The van der Waals surface area contributed by atoms with Crippen LogP contribution >= 0.6 is 0 Å². The van der Waals surface area contributed by atoms with Gasteiger partial charge in [0.2, 0.25) is 0 Å². The topological polar surface area (TPSA) is 0 Å². The molecule has 2 aromatic rings. The molecule has 2 unspecified atom stereocenters. The Kier molecular flexibility index (Phi) is 3.94. The summed E-state index contributed by atoms with van der Waals surface area (Å²) in [4.78, 5) is 0. The van der Waals surface area contributed by atoms with Crippen LogP contribution in [0.15, 0.2) is 35.4 Å². The molecular formula is C28H40SiZr. The van der Waals surface area contributed by atoms with Crippen molar-refractivity contribution in [1.82, 2.24) is 0 Å². The van der Waals surface area contributed by atoms with Gasteiger partial charge >= 0.3 is 181 Å². The van der Waals surface area contributed by atoms with Crippen LogP contribution in [0.1, 0.15) is 65.6 Å². The molecule has 2 aliphatic carbocycles. The molecule has 0 bridgehead atoms. The van der Waals surface area contributed by atoms with E-state index in [4.69, 9.17) is 0 Å². The fraction of sp³-hybridized carbons (Fsp3) is 0.429. The van der Waals surface area contributed by atoms with Crippen molar-refractivity contribution in [3.63, 3.8) is 0 Å². The van der Waals surface area contributed by atoms with Crippen LogP contribution in [0.5, 0.6) is 0 Å². The number of hydrogen-bond acceptors (Lipinski definition) is 0. The minimum atomic E-state index is -4.48. The van der Waals surface area contributed by atoms with Gasteiger partial charge in [0.15, 0.2) is 0 Å². The van der Waals surface area contributed by atoms with Crippen LogP contribution in [0, 0.1) is 27.7 Å². The van der Waals surface area contributed by atoms with Gasteiger partial charge in [0, 0.05) is 0 Å². The van der Waals surface area contributed by atoms with Crippen molar-refractivity contribution in [2.24, 2.45) is 0 Å². The van der Waals surface area contributed by atoms with E-state index < -0.39 is 14.4 Å². The van der Waals surface area contributed by atoms with Crippen molar-refractivity contribution in [1.29, 1.82) is 0 Å². The Morgan fingerprint density at radius 1 is 0.567 bits per heavy atom. The summed E-state index contributed by atoms with van der Waals surface area (Å²) < 4.78 is 12.0. The molecule has 0 heterocycles. The summed E-state index contributed by atoms with van der Waals surface area (Å²) >= 11 is -4.48. The Hall–Kier alpha value is -0.980. The molecule has 4 rings (SSSR count). The first-order chi connectivity index (χ1) is 13.4. The van der Waals surface area contributed by atoms with Crippen molar-refractivity contribution in [2.75, 3.05) is 0 Å². The molecule has 0 aliphatic heterocycles. The van der Waals surface area contributed by atoms with Gasteiger partial charge in [-0.1, -0.05) is 0 Å². The van der Waals surface area contributed by atoms with Crippen molar-refractivity contribution in [3.8, 4) is 0 Å². The number of fused-ring (bicyclic) bond motifs is 2. The first kappa shape index (κ1) is 22.2. The van der Waals surface area contributed by atoms with Gasteiger partial charge in [-0.2, -0.15) is 0 Å². The number of hydrogen-bond donors (Lipinski definition) is 0. The van der Waals surface area contributed by atoms with Crippen molar-refractivity contribution < 1.29 is 14.4 Å². The number of rotatable bonds is 2. The van der Waals surface area contributed by atoms with E-state index in [9.17, 15) is 0 Å². The molecule has 2 aromatic carbocycles. The number of benzene rings is 2. The summed E-state index contributed by atoms with van der Waals surface area (Å²) in [7, 11) is 0. The van der Waals surface area contributed by atoms with Gasteiger partial charge in [-0.15, -0.1) is 0 Å². The molecule has 160 valence electrons. The molecule has 2 aliphatic rings. The third kappa shape index (κ3) is 2.93. The van der Waals surface area contributed by atoms with Crippen molar-refractivity contribution in [3.05, 3.63) is 79.9 Å². The van der Waals surface area contributed by atoms with Gasteiger partial charge in [-0.3, -0.25) is 0 Å². The molecule has 0 spiro atoms. The Labute approximate surface area is 179 Å². The fourth-order valence-corrected chi connectivity index (χ4v) is 36.6. The monoisotopic (exact) mass is 494 g/mol. The molecule has 0 saturated heterocycles. The molecule has 2 atom stereocenters. The zero-order valence-electron chi connectivity index (χ0n) is 20.8. The van der Waals surface area contributed by atoms with Crippen LogP contribution < -0.4 is 0 Å². The predicted molar refractivity (Wildman–Crippen MR) is 137 cm³/mol. The van der Waals surface area contributed by atoms with E-state index in [1.807, 2.05) is 0 Å². The van der Waals surface area contributed by atoms with Crippen LogP contribution in [-0.4, -0.2) is 6.88 Å². The Bertz CT molecular complexity index is 1230. The quantitative estimate of drug-likeness (QED) is 0.370. The molecule has 0 N–H and O–H groups in total. The number of allylic oxidation sites excluding steroid dienone is 2. The van der Waals surface area contributed by atoms with E-state index in [1.54, 1.807) is 22.3 Å². The molecule has 0 fully saturated rings. The van der Waals surface area contributed by atoms with Gasteiger partial charge in [0.1, 0.15) is 0 Å². The first-order valence-electron chi connectivity index (χ1n) is 11.5. The second-order valence-electron chi connectivity index (χ2n) is 15.1. The molecule has 0 saturated carbocycles. The predicted octanol–water partition coefficient (Wildman–Crippen LogP) is 8.04. The molecule has 30 heavy (non-hydrogen) atoms. The maximum atomic E-state index is 2.74. The SMILES string of the molecule is CC1=Cc2cc(C)c(C)cc2[CH]1[Zr]([CH3])([CH3])([CH3])([CH3])(=[SiH2])[CH]1C(C)=Cc2cc(C)c(C)cc21. The molecular weight excluding hydrogens is 456 g/mol. The van der Waals surface area contributed by atoms with E-state index in [0.29, 0.717) is 7.25 Å². The van der Waals surface area contributed by atoms with Crippen LogP contribution in [0.25, 0.3) is 12.2 Å². The van der Waals surface area contributed by atoms with Crippen molar-refractivity contribution in [2.45, 2.75) is 67.3 Å². The molecule has 2 heteroatoms. The maximum absolute atomic E-state index is 4.48.